The summed E-state index contributed by atoms with van der Waals surface area (Å²) in [5, 5.41) is 8.72. The van der Waals surface area contributed by atoms with Gasteiger partial charge in [-0.25, -0.2) is 4.98 Å². The number of allylic oxidation sites excluding steroid dienone is 1. The number of aromatic nitrogens is 1. The molecule has 0 bridgehead atoms. The van der Waals surface area contributed by atoms with Crippen molar-refractivity contribution in [3.63, 3.8) is 0 Å². The van der Waals surface area contributed by atoms with E-state index in [-0.39, 0.29) is 18.4 Å². The Bertz CT molecular complexity index is 1410. The lowest BCUT2D eigenvalue weighted by molar-refractivity contribution is -0.119. The molecule has 0 saturated carbocycles. The SMILES string of the molecule is COCC(=O)Nc1ccc(NC(=O)c2c3c(nc4ccccc24)/C(=C/c2cccs2)CCC3)cc1. The Morgan fingerprint density at radius 1 is 1.00 bits per heavy atom. The number of methoxy groups -OCH3 is 1. The number of rotatable bonds is 6. The normalized spacial score (nSPS) is 14.0. The van der Waals surface area contributed by atoms with Crippen molar-refractivity contribution in [1.82, 2.24) is 4.98 Å². The Labute approximate surface area is 207 Å². The first-order valence-electron chi connectivity index (χ1n) is 11.5. The van der Waals surface area contributed by atoms with Crippen molar-refractivity contribution in [3.05, 3.63) is 87.7 Å². The minimum atomic E-state index is -0.231. The van der Waals surface area contributed by atoms with E-state index < -0.39 is 0 Å². The third kappa shape index (κ3) is 5.01. The summed E-state index contributed by atoms with van der Waals surface area (Å²) >= 11 is 1.70. The number of benzene rings is 2. The molecule has 2 amide bonds. The second kappa shape index (κ2) is 10.2. The average Bonchev–Trinajstić information content (AvgIpc) is 3.37. The van der Waals surface area contributed by atoms with Crippen LogP contribution in [0.25, 0.3) is 22.6 Å². The summed E-state index contributed by atoms with van der Waals surface area (Å²) in [4.78, 5) is 31.5. The number of carbonyl (C=O) groups is 2. The molecule has 2 N–H and O–H groups in total. The topological polar surface area (TPSA) is 80.3 Å². The predicted molar refractivity (Wildman–Crippen MR) is 142 cm³/mol. The highest BCUT2D eigenvalue weighted by atomic mass is 32.1. The van der Waals surface area contributed by atoms with Crippen LogP contribution in [0.5, 0.6) is 0 Å². The van der Waals surface area contributed by atoms with E-state index in [0.29, 0.717) is 16.9 Å². The molecule has 7 heteroatoms. The Hall–Kier alpha value is -3.81. The third-order valence-electron chi connectivity index (χ3n) is 5.96. The van der Waals surface area contributed by atoms with Crippen LogP contribution in [0.1, 0.15) is 39.3 Å². The largest absolute Gasteiger partial charge is 0.375 e. The van der Waals surface area contributed by atoms with E-state index in [2.05, 4.69) is 28.2 Å². The fourth-order valence-corrected chi connectivity index (χ4v) is 5.12. The molecule has 6 nitrogen and oxygen atoms in total. The van der Waals surface area contributed by atoms with Crippen molar-refractivity contribution < 1.29 is 14.3 Å². The summed E-state index contributed by atoms with van der Waals surface area (Å²) < 4.78 is 4.84. The monoisotopic (exact) mass is 483 g/mol. The zero-order valence-corrected chi connectivity index (χ0v) is 20.2. The molecule has 0 saturated heterocycles. The molecule has 2 heterocycles. The lowest BCUT2D eigenvalue weighted by Gasteiger charge is -2.22. The van der Waals surface area contributed by atoms with E-state index >= 15 is 0 Å². The van der Waals surface area contributed by atoms with E-state index in [4.69, 9.17) is 9.72 Å². The van der Waals surface area contributed by atoms with Crippen molar-refractivity contribution in [2.24, 2.45) is 0 Å². The number of thiophene rings is 1. The van der Waals surface area contributed by atoms with Crippen LogP contribution in [0.15, 0.2) is 66.0 Å². The maximum absolute atomic E-state index is 13.6. The van der Waals surface area contributed by atoms with Crippen molar-refractivity contribution in [2.45, 2.75) is 19.3 Å². The highest BCUT2D eigenvalue weighted by Crippen LogP contribution is 2.37. The summed E-state index contributed by atoms with van der Waals surface area (Å²) in [5.74, 6) is -0.390. The van der Waals surface area contributed by atoms with Crippen LogP contribution in [-0.2, 0) is 16.0 Å². The summed E-state index contributed by atoms with van der Waals surface area (Å²) in [5.41, 5.74) is 5.87. The summed E-state index contributed by atoms with van der Waals surface area (Å²) in [6, 6.07) is 19.0. The van der Waals surface area contributed by atoms with Crippen LogP contribution >= 0.6 is 11.3 Å². The molecule has 0 spiro atoms. The molecule has 0 unspecified atom stereocenters. The van der Waals surface area contributed by atoms with Gasteiger partial charge in [-0.05, 0) is 78.3 Å². The third-order valence-corrected chi connectivity index (χ3v) is 6.78. The molecular formula is C28H25N3O3S. The first-order valence-corrected chi connectivity index (χ1v) is 12.4. The summed E-state index contributed by atoms with van der Waals surface area (Å²) in [6.45, 7) is -0.0123. The number of para-hydroxylation sites is 1. The Balaban J connectivity index is 1.49. The van der Waals surface area contributed by atoms with Gasteiger partial charge in [0.25, 0.3) is 5.91 Å². The molecule has 2 aromatic carbocycles. The Morgan fingerprint density at radius 2 is 1.77 bits per heavy atom. The maximum atomic E-state index is 13.6. The highest BCUT2D eigenvalue weighted by Gasteiger charge is 2.25. The van der Waals surface area contributed by atoms with Gasteiger partial charge in [0.05, 0.1) is 16.8 Å². The van der Waals surface area contributed by atoms with E-state index in [1.165, 1.54) is 17.6 Å². The number of ether oxygens (including phenoxy) is 1. The second-order valence-electron chi connectivity index (χ2n) is 8.38. The molecule has 2 aromatic heterocycles. The number of carbonyl (C=O) groups excluding carboxylic acids is 2. The van der Waals surface area contributed by atoms with Crippen molar-refractivity contribution in [1.29, 1.82) is 0 Å². The lowest BCUT2D eigenvalue weighted by atomic mass is 9.86. The second-order valence-corrected chi connectivity index (χ2v) is 9.36. The Morgan fingerprint density at radius 3 is 2.51 bits per heavy atom. The van der Waals surface area contributed by atoms with E-state index in [0.717, 1.165) is 41.4 Å². The van der Waals surface area contributed by atoms with Gasteiger partial charge < -0.3 is 15.4 Å². The van der Waals surface area contributed by atoms with Gasteiger partial charge in [0.15, 0.2) is 0 Å². The van der Waals surface area contributed by atoms with Crippen LogP contribution in [0, 0.1) is 0 Å². The van der Waals surface area contributed by atoms with Crippen LogP contribution in [0.3, 0.4) is 0 Å². The number of nitrogens with zero attached hydrogens (tertiary/aromatic N) is 1. The first-order chi connectivity index (χ1) is 17.1. The minimum absolute atomic E-state index is 0.0123. The molecule has 1 aliphatic carbocycles. The van der Waals surface area contributed by atoms with E-state index in [1.54, 1.807) is 35.6 Å². The van der Waals surface area contributed by atoms with Gasteiger partial charge in [-0.15, -0.1) is 11.3 Å². The summed E-state index contributed by atoms with van der Waals surface area (Å²) in [6.07, 6.45) is 4.92. The Kier molecular flexibility index (Phi) is 6.70. The summed E-state index contributed by atoms with van der Waals surface area (Å²) in [7, 11) is 1.47. The van der Waals surface area contributed by atoms with Crippen molar-refractivity contribution in [3.8, 4) is 0 Å². The van der Waals surface area contributed by atoms with Gasteiger partial charge in [0, 0.05) is 28.7 Å². The van der Waals surface area contributed by atoms with Crippen LogP contribution in [0.2, 0.25) is 0 Å². The first kappa shape index (κ1) is 23.0. The van der Waals surface area contributed by atoms with Crippen LogP contribution in [0.4, 0.5) is 11.4 Å². The number of hydrogen-bond donors (Lipinski definition) is 2. The maximum Gasteiger partial charge on any atom is 0.256 e. The van der Waals surface area contributed by atoms with Gasteiger partial charge in [-0.2, -0.15) is 0 Å². The standard InChI is InChI=1S/C28H25N3O3S/c1-34-17-25(32)29-19-11-13-20(14-12-19)30-28(33)26-22-8-2-3-10-24(22)31-27-18(6-4-9-23(26)27)16-21-7-5-15-35-21/h2-3,5,7-8,10-16H,4,6,9,17H2,1H3,(H,29,32)(H,30,33)/b18-16+. The number of amides is 2. The van der Waals surface area contributed by atoms with Crippen LogP contribution in [-0.4, -0.2) is 30.5 Å². The molecule has 0 atom stereocenters. The van der Waals surface area contributed by atoms with E-state index in [1.807, 2.05) is 30.3 Å². The smallest absolute Gasteiger partial charge is 0.256 e. The molecule has 176 valence electrons. The van der Waals surface area contributed by atoms with Gasteiger partial charge in [0.2, 0.25) is 5.91 Å². The lowest BCUT2D eigenvalue weighted by Crippen LogP contribution is -2.19. The number of hydrogen-bond acceptors (Lipinski definition) is 5. The predicted octanol–water partition coefficient (Wildman–Crippen LogP) is 6.01. The zero-order valence-electron chi connectivity index (χ0n) is 19.3. The molecule has 0 aliphatic heterocycles. The number of fused-ring (bicyclic) bond motifs is 2. The number of pyridine rings is 1. The van der Waals surface area contributed by atoms with Crippen molar-refractivity contribution >= 4 is 57.1 Å². The van der Waals surface area contributed by atoms with Gasteiger partial charge in [0.1, 0.15) is 6.61 Å². The molecule has 5 rings (SSSR count). The quantitative estimate of drug-likeness (QED) is 0.352. The molecule has 0 radical (unpaired) electrons. The molecule has 35 heavy (non-hydrogen) atoms. The fraction of sp³-hybridized carbons (Fsp3) is 0.179. The molecule has 4 aromatic rings. The van der Waals surface area contributed by atoms with Gasteiger partial charge in [-0.1, -0.05) is 24.3 Å². The minimum Gasteiger partial charge on any atom is -0.375 e. The molecule has 0 fully saturated rings. The number of nitrogens with one attached hydrogen (secondary N) is 2. The van der Waals surface area contributed by atoms with Crippen LogP contribution < -0.4 is 10.6 Å². The highest BCUT2D eigenvalue weighted by molar-refractivity contribution is 7.10. The fourth-order valence-electron chi connectivity index (χ4n) is 4.44. The number of anilines is 2. The molecule has 1 aliphatic rings. The average molecular weight is 484 g/mol. The molecular weight excluding hydrogens is 458 g/mol. The zero-order chi connectivity index (χ0) is 24.2. The van der Waals surface area contributed by atoms with Gasteiger partial charge in [-0.3, -0.25) is 9.59 Å². The van der Waals surface area contributed by atoms with Crippen molar-refractivity contribution in [2.75, 3.05) is 24.4 Å². The van der Waals surface area contributed by atoms with Gasteiger partial charge >= 0.3 is 0 Å². The van der Waals surface area contributed by atoms with E-state index in [9.17, 15) is 9.59 Å².